The molecule has 100 valence electrons. The van der Waals surface area contributed by atoms with Crippen LogP contribution >= 0.6 is 0 Å². The average molecular weight is 254 g/mol. The van der Waals surface area contributed by atoms with Crippen LogP contribution in [0.5, 0.6) is 0 Å². The number of aryl methyl sites for hydroxylation is 1. The molecular formula is C12H18N2O4. The summed E-state index contributed by atoms with van der Waals surface area (Å²) in [5.41, 5.74) is 0.0288. The average Bonchev–Trinajstić information content (AvgIpc) is 2.83. The fraction of sp³-hybridized carbons (Fsp3) is 0.667. The number of ether oxygens (including phenoxy) is 1. The zero-order valence-electron chi connectivity index (χ0n) is 10.4. The van der Waals surface area contributed by atoms with Crippen LogP contribution < -0.4 is 5.32 Å². The molecular weight excluding hydrogens is 236 g/mol. The second-order valence-electron chi connectivity index (χ2n) is 4.71. The van der Waals surface area contributed by atoms with Gasteiger partial charge in [0.25, 0.3) is 5.91 Å². The highest BCUT2D eigenvalue weighted by Gasteiger charge is 2.32. The molecule has 0 saturated carbocycles. The van der Waals surface area contributed by atoms with Crippen molar-refractivity contribution >= 4 is 5.91 Å². The van der Waals surface area contributed by atoms with Gasteiger partial charge in [0.1, 0.15) is 5.76 Å². The molecule has 0 aromatic carbocycles. The number of aliphatic hydroxyl groups excluding tert-OH is 1. The Labute approximate surface area is 105 Å². The van der Waals surface area contributed by atoms with Crippen molar-refractivity contribution in [2.24, 2.45) is 5.41 Å². The van der Waals surface area contributed by atoms with Crippen molar-refractivity contribution in [2.45, 2.75) is 19.8 Å². The smallest absolute Gasteiger partial charge is 0.273 e. The lowest BCUT2D eigenvalue weighted by Gasteiger charge is -2.35. The number of nitrogens with zero attached hydrogens (tertiary/aromatic N) is 1. The quantitative estimate of drug-likeness (QED) is 0.817. The normalized spacial score (nSPS) is 18.6. The molecule has 0 aliphatic carbocycles. The number of hydrogen-bond acceptors (Lipinski definition) is 5. The van der Waals surface area contributed by atoms with Crippen LogP contribution in [-0.4, -0.2) is 42.4 Å². The molecule has 2 heterocycles. The molecule has 2 rings (SSSR count). The van der Waals surface area contributed by atoms with E-state index in [9.17, 15) is 9.90 Å². The highest BCUT2D eigenvalue weighted by molar-refractivity contribution is 5.93. The van der Waals surface area contributed by atoms with Crippen LogP contribution in [0, 0.1) is 12.3 Å². The molecule has 1 saturated heterocycles. The number of amides is 1. The number of aliphatic hydroxyl groups is 1. The summed E-state index contributed by atoms with van der Waals surface area (Å²) < 4.78 is 10.3. The van der Waals surface area contributed by atoms with Gasteiger partial charge >= 0.3 is 0 Å². The second-order valence-corrected chi connectivity index (χ2v) is 4.71. The summed E-state index contributed by atoms with van der Waals surface area (Å²) in [7, 11) is 0. The molecule has 1 aliphatic heterocycles. The fourth-order valence-electron chi connectivity index (χ4n) is 2.07. The molecule has 6 heteroatoms. The summed E-state index contributed by atoms with van der Waals surface area (Å²) in [6, 6.07) is 0. The van der Waals surface area contributed by atoms with Crippen LogP contribution in [0.2, 0.25) is 0 Å². The third-order valence-corrected chi connectivity index (χ3v) is 3.47. The first-order chi connectivity index (χ1) is 8.67. The van der Waals surface area contributed by atoms with E-state index in [4.69, 9.17) is 9.15 Å². The predicted molar refractivity (Wildman–Crippen MR) is 63.1 cm³/mol. The second kappa shape index (κ2) is 5.49. The molecule has 1 fully saturated rings. The van der Waals surface area contributed by atoms with Gasteiger partial charge in [0.05, 0.1) is 6.61 Å². The van der Waals surface area contributed by atoms with E-state index < -0.39 is 0 Å². The lowest BCUT2D eigenvalue weighted by Crippen LogP contribution is -2.43. The van der Waals surface area contributed by atoms with Crippen LogP contribution in [0.4, 0.5) is 0 Å². The molecule has 1 aromatic heterocycles. The highest BCUT2D eigenvalue weighted by atomic mass is 16.5. The van der Waals surface area contributed by atoms with Crippen LogP contribution in [-0.2, 0) is 4.74 Å². The first kappa shape index (κ1) is 13.0. The number of carbonyl (C=O) groups excluding carboxylic acids is 1. The van der Waals surface area contributed by atoms with Crippen LogP contribution in [0.15, 0.2) is 10.8 Å². The van der Waals surface area contributed by atoms with Crippen LogP contribution in [0.25, 0.3) is 0 Å². The lowest BCUT2D eigenvalue weighted by molar-refractivity contribution is -0.0146. The highest BCUT2D eigenvalue weighted by Crippen LogP contribution is 2.29. The Balaban J connectivity index is 1.94. The monoisotopic (exact) mass is 254 g/mol. The van der Waals surface area contributed by atoms with Crippen LogP contribution in [0.3, 0.4) is 0 Å². The van der Waals surface area contributed by atoms with E-state index in [-0.39, 0.29) is 17.9 Å². The molecule has 0 spiro atoms. The minimum Gasteiger partial charge on any atom is -0.448 e. The molecule has 1 amide bonds. The fourth-order valence-corrected chi connectivity index (χ4v) is 2.07. The van der Waals surface area contributed by atoms with Crippen molar-refractivity contribution in [3.05, 3.63) is 17.8 Å². The molecule has 6 nitrogen and oxygen atoms in total. The molecule has 1 aromatic rings. The predicted octanol–water partition coefficient (Wildman–Crippen LogP) is 0.502. The number of carbonyl (C=O) groups is 1. The van der Waals surface area contributed by atoms with E-state index in [1.165, 1.54) is 6.39 Å². The summed E-state index contributed by atoms with van der Waals surface area (Å²) in [4.78, 5) is 15.7. The van der Waals surface area contributed by atoms with E-state index in [0.717, 1.165) is 12.8 Å². The van der Waals surface area contributed by atoms with E-state index in [1.54, 1.807) is 6.92 Å². The SMILES string of the molecule is Cc1ocnc1C(=O)NCC1(CO)CCOCC1. The zero-order valence-corrected chi connectivity index (χ0v) is 10.4. The summed E-state index contributed by atoms with van der Waals surface area (Å²) in [6.07, 6.45) is 2.75. The van der Waals surface area contributed by atoms with Gasteiger partial charge in [-0.1, -0.05) is 0 Å². The van der Waals surface area contributed by atoms with E-state index >= 15 is 0 Å². The summed E-state index contributed by atoms with van der Waals surface area (Å²) in [5, 5.41) is 12.3. The molecule has 2 N–H and O–H groups in total. The van der Waals surface area contributed by atoms with Gasteiger partial charge in [0, 0.05) is 25.2 Å². The maximum absolute atomic E-state index is 11.9. The van der Waals surface area contributed by atoms with Crippen molar-refractivity contribution < 1.29 is 19.1 Å². The Morgan fingerprint density at radius 1 is 1.56 bits per heavy atom. The standard InChI is InChI=1S/C12H18N2O4/c1-9-10(14-8-18-9)11(16)13-6-12(7-15)2-4-17-5-3-12/h8,15H,2-7H2,1H3,(H,13,16). The maximum Gasteiger partial charge on any atom is 0.273 e. The van der Waals surface area contributed by atoms with E-state index in [0.29, 0.717) is 31.2 Å². The van der Waals surface area contributed by atoms with Crippen molar-refractivity contribution in [3.8, 4) is 0 Å². The Kier molecular flexibility index (Phi) is 3.98. The lowest BCUT2D eigenvalue weighted by atomic mass is 9.81. The molecule has 18 heavy (non-hydrogen) atoms. The van der Waals surface area contributed by atoms with Gasteiger partial charge in [-0.2, -0.15) is 0 Å². The molecule has 1 aliphatic rings. The van der Waals surface area contributed by atoms with Gasteiger partial charge < -0.3 is 19.6 Å². The number of aromatic nitrogens is 1. The number of rotatable bonds is 4. The van der Waals surface area contributed by atoms with Crippen molar-refractivity contribution in [1.29, 1.82) is 0 Å². The Bertz CT molecular complexity index is 410. The maximum atomic E-state index is 11.9. The van der Waals surface area contributed by atoms with Gasteiger partial charge in [0.2, 0.25) is 0 Å². The van der Waals surface area contributed by atoms with Gasteiger partial charge in [0.15, 0.2) is 12.1 Å². The largest absolute Gasteiger partial charge is 0.448 e. The van der Waals surface area contributed by atoms with E-state index in [1.807, 2.05) is 0 Å². The number of nitrogens with one attached hydrogen (secondary N) is 1. The minimum absolute atomic E-state index is 0.0500. The third-order valence-electron chi connectivity index (χ3n) is 3.47. The molecule has 0 radical (unpaired) electrons. The summed E-state index contributed by atoms with van der Waals surface area (Å²) in [5.74, 6) is 0.234. The molecule has 0 bridgehead atoms. The Morgan fingerprint density at radius 3 is 2.83 bits per heavy atom. The first-order valence-electron chi connectivity index (χ1n) is 6.04. The van der Waals surface area contributed by atoms with E-state index in [2.05, 4.69) is 10.3 Å². The first-order valence-corrected chi connectivity index (χ1v) is 6.04. The zero-order chi connectivity index (χ0) is 13.0. The minimum atomic E-state index is -0.272. The van der Waals surface area contributed by atoms with Gasteiger partial charge in [-0.15, -0.1) is 0 Å². The summed E-state index contributed by atoms with van der Waals surface area (Å²) >= 11 is 0. The van der Waals surface area contributed by atoms with Gasteiger partial charge in [-0.25, -0.2) is 4.98 Å². The van der Waals surface area contributed by atoms with Gasteiger partial charge in [-0.05, 0) is 19.8 Å². The van der Waals surface area contributed by atoms with Crippen molar-refractivity contribution in [3.63, 3.8) is 0 Å². The number of hydrogen-bond donors (Lipinski definition) is 2. The van der Waals surface area contributed by atoms with Crippen LogP contribution in [0.1, 0.15) is 29.1 Å². The summed E-state index contributed by atoms with van der Waals surface area (Å²) in [6.45, 7) is 3.42. The van der Waals surface area contributed by atoms with Crippen molar-refractivity contribution in [1.82, 2.24) is 10.3 Å². The Hall–Kier alpha value is -1.40. The molecule has 0 unspecified atom stereocenters. The van der Waals surface area contributed by atoms with Gasteiger partial charge in [-0.3, -0.25) is 4.79 Å². The Morgan fingerprint density at radius 2 is 2.28 bits per heavy atom. The third kappa shape index (κ3) is 2.70. The van der Waals surface area contributed by atoms with Crippen molar-refractivity contribution in [2.75, 3.05) is 26.4 Å². The topological polar surface area (TPSA) is 84.6 Å². The molecule has 0 atom stereocenters. The number of oxazole rings is 1.